The van der Waals surface area contributed by atoms with Gasteiger partial charge in [-0.1, -0.05) is 26.7 Å². The quantitative estimate of drug-likeness (QED) is 0.702. The fourth-order valence-electron chi connectivity index (χ4n) is 6.39. The van der Waals surface area contributed by atoms with Crippen LogP contribution in [0.25, 0.3) is 0 Å². The second-order valence-corrected chi connectivity index (χ2v) is 7.11. The van der Waals surface area contributed by atoms with Crippen LogP contribution in [0.5, 0.6) is 0 Å². The molecule has 3 aliphatic carbocycles. The third-order valence-electron chi connectivity index (χ3n) is 6.88. The third-order valence-corrected chi connectivity index (χ3v) is 6.88. The number of hydrogen-bond acceptors (Lipinski definition) is 2. The average molecular weight is 248 g/mol. The number of esters is 1. The smallest absolute Gasteiger partial charge is 0.309 e. The first kappa shape index (κ1) is 11.3. The molecule has 2 heteroatoms. The first-order valence-electron chi connectivity index (χ1n) is 7.92. The summed E-state index contributed by atoms with van der Waals surface area (Å²) in [5.74, 6) is 6.14. The Balaban J connectivity index is 1.69. The van der Waals surface area contributed by atoms with Gasteiger partial charge in [-0.3, -0.25) is 4.79 Å². The van der Waals surface area contributed by atoms with E-state index in [9.17, 15) is 4.79 Å². The zero-order valence-corrected chi connectivity index (χ0v) is 11.5. The second kappa shape index (κ2) is 3.74. The SMILES string of the molecule is CCC1CC(CC)C2C3CC(C4COC(=O)C43)C12. The average Bonchev–Trinajstić information content (AvgIpc) is 3.07. The first-order valence-corrected chi connectivity index (χ1v) is 7.92. The van der Waals surface area contributed by atoms with Crippen molar-refractivity contribution in [2.45, 2.75) is 39.5 Å². The lowest BCUT2D eigenvalue weighted by Crippen LogP contribution is -2.36. The van der Waals surface area contributed by atoms with Crippen LogP contribution in [0.2, 0.25) is 0 Å². The van der Waals surface area contributed by atoms with Crippen LogP contribution >= 0.6 is 0 Å². The van der Waals surface area contributed by atoms with E-state index in [4.69, 9.17) is 4.74 Å². The fraction of sp³-hybridized carbons (Fsp3) is 0.938. The molecular formula is C16H24O2. The molecule has 1 heterocycles. The Labute approximate surface area is 109 Å². The number of carbonyl (C=O) groups is 1. The normalized spacial score (nSPS) is 56.7. The maximum absolute atomic E-state index is 12.0. The summed E-state index contributed by atoms with van der Waals surface area (Å²) in [6.45, 7) is 5.44. The van der Waals surface area contributed by atoms with Crippen molar-refractivity contribution >= 4 is 5.97 Å². The Morgan fingerprint density at radius 1 is 1.00 bits per heavy atom. The molecule has 2 bridgehead atoms. The molecule has 8 unspecified atom stereocenters. The lowest BCUT2D eigenvalue weighted by Gasteiger charge is -2.35. The summed E-state index contributed by atoms with van der Waals surface area (Å²) < 4.78 is 5.36. The molecule has 0 spiro atoms. The summed E-state index contributed by atoms with van der Waals surface area (Å²) in [7, 11) is 0. The number of ether oxygens (including phenoxy) is 1. The number of hydrogen-bond donors (Lipinski definition) is 0. The predicted octanol–water partition coefficient (Wildman–Crippen LogP) is 3.11. The largest absolute Gasteiger partial charge is 0.465 e. The van der Waals surface area contributed by atoms with Crippen molar-refractivity contribution in [2.75, 3.05) is 6.61 Å². The highest BCUT2D eigenvalue weighted by molar-refractivity contribution is 5.76. The van der Waals surface area contributed by atoms with Crippen molar-refractivity contribution < 1.29 is 9.53 Å². The van der Waals surface area contributed by atoms with Crippen molar-refractivity contribution in [3.8, 4) is 0 Å². The van der Waals surface area contributed by atoms with Gasteiger partial charge in [0.2, 0.25) is 0 Å². The first-order chi connectivity index (χ1) is 8.76. The molecule has 0 N–H and O–H groups in total. The molecule has 0 aromatic carbocycles. The molecule has 1 saturated heterocycles. The number of rotatable bonds is 2. The van der Waals surface area contributed by atoms with Crippen LogP contribution in [-0.4, -0.2) is 12.6 Å². The lowest BCUT2D eigenvalue weighted by atomic mass is 9.67. The van der Waals surface area contributed by atoms with Crippen LogP contribution in [0.15, 0.2) is 0 Å². The van der Waals surface area contributed by atoms with Gasteiger partial charge in [-0.25, -0.2) is 0 Å². The highest BCUT2D eigenvalue weighted by Gasteiger charge is 2.66. The Hall–Kier alpha value is -0.530. The molecule has 18 heavy (non-hydrogen) atoms. The monoisotopic (exact) mass is 248 g/mol. The molecule has 4 rings (SSSR count). The van der Waals surface area contributed by atoms with Crippen molar-refractivity contribution in [2.24, 2.45) is 47.3 Å². The van der Waals surface area contributed by atoms with Gasteiger partial charge in [0.1, 0.15) is 0 Å². The molecule has 0 aromatic heterocycles. The van der Waals surface area contributed by atoms with Crippen LogP contribution in [0.4, 0.5) is 0 Å². The minimum Gasteiger partial charge on any atom is -0.465 e. The minimum atomic E-state index is 0.140. The van der Waals surface area contributed by atoms with E-state index in [2.05, 4.69) is 13.8 Å². The standard InChI is InChI=1S/C16H24O2/c1-3-8-5-9(4-2)14-11-6-10(13(8)14)12-7-18-16(17)15(11)12/h8-15H,3-7H2,1-2H3. The summed E-state index contributed by atoms with van der Waals surface area (Å²) in [4.78, 5) is 12.0. The summed E-state index contributed by atoms with van der Waals surface area (Å²) in [5.41, 5.74) is 0. The van der Waals surface area contributed by atoms with Gasteiger partial charge in [-0.15, -0.1) is 0 Å². The number of fused-ring (bicyclic) bond motifs is 8. The Morgan fingerprint density at radius 3 is 2.33 bits per heavy atom. The van der Waals surface area contributed by atoms with Crippen LogP contribution in [0.3, 0.4) is 0 Å². The van der Waals surface area contributed by atoms with E-state index in [1.807, 2.05) is 0 Å². The van der Waals surface area contributed by atoms with Gasteiger partial charge in [-0.2, -0.15) is 0 Å². The lowest BCUT2D eigenvalue weighted by molar-refractivity contribution is -0.143. The summed E-state index contributed by atoms with van der Waals surface area (Å²) in [6.07, 6.45) is 5.43. The molecule has 3 saturated carbocycles. The van der Waals surface area contributed by atoms with E-state index >= 15 is 0 Å². The molecule has 2 nitrogen and oxygen atoms in total. The van der Waals surface area contributed by atoms with E-state index in [0.29, 0.717) is 17.8 Å². The topological polar surface area (TPSA) is 26.3 Å². The van der Waals surface area contributed by atoms with Gasteiger partial charge in [0.25, 0.3) is 0 Å². The molecule has 0 amide bonds. The third kappa shape index (κ3) is 1.18. The van der Waals surface area contributed by atoms with Gasteiger partial charge in [0.15, 0.2) is 0 Å². The molecule has 0 aromatic rings. The Kier molecular flexibility index (Phi) is 2.35. The summed E-state index contributed by atoms with van der Waals surface area (Å²) >= 11 is 0. The maximum atomic E-state index is 12.0. The van der Waals surface area contributed by atoms with E-state index < -0.39 is 0 Å². The summed E-state index contributed by atoms with van der Waals surface area (Å²) in [6, 6.07) is 0. The van der Waals surface area contributed by atoms with Crippen LogP contribution in [-0.2, 0) is 9.53 Å². The zero-order chi connectivity index (χ0) is 12.4. The van der Waals surface area contributed by atoms with Gasteiger partial charge in [0, 0.05) is 5.92 Å². The predicted molar refractivity (Wildman–Crippen MR) is 68.7 cm³/mol. The van der Waals surface area contributed by atoms with Crippen molar-refractivity contribution in [3.05, 3.63) is 0 Å². The Bertz CT molecular complexity index is 377. The van der Waals surface area contributed by atoms with E-state index in [0.717, 1.165) is 36.2 Å². The van der Waals surface area contributed by atoms with E-state index in [-0.39, 0.29) is 5.97 Å². The van der Waals surface area contributed by atoms with Crippen LogP contribution in [0.1, 0.15) is 39.5 Å². The molecule has 0 radical (unpaired) electrons. The molecule has 1 aliphatic heterocycles. The van der Waals surface area contributed by atoms with Gasteiger partial charge < -0.3 is 4.74 Å². The summed E-state index contributed by atoms with van der Waals surface area (Å²) in [5, 5.41) is 0. The molecule has 4 fully saturated rings. The molecule has 4 aliphatic rings. The van der Waals surface area contributed by atoms with Gasteiger partial charge >= 0.3 is 5.97 Å². The highest BCUT2D eigenvalue weighted by Crippen LogP contribution is 2.68. The molecular weight excluding hydrogens is 224 g/mol. The maximum Gasteiger partial charge on any atom is 0.309 e. The van der Waals surface area contributed by atoms with E-state index in [1.54, 1.807) is 0 Å². The highest BCUT2D eigenvalue weighted by atomic mass is 16.5. The van der Waals surface area contributed by atoms with Gasteiger partial charge in [0.05, 0.1) is 12.5 Å². The van der Waals surface area contributed by atoms with Crippen molar-refractivity contribution in [1.82, 2.24) is 0 Å². The minimum absolute atomic E-state index is 0.140. The van der Waals surface area contributed by atoms with Crippen molar-refractivity contribution in [3.63, 3.8) is 0 Å². The molecule has 8 atom stereocenters. The van der Waals surface area contributed by atoms with E-state index in [1.165, 1.54) is 25.7 Å². The number of carbonyl (C=O) groups excluding carboxylic acids is 1. The second-order valence-electron chi connectivity index (χ2n) is 7.11. The van der Waals surface area contributed by atoms with Gasteiger partial charge in [-0.05, 0) is 48.3 Å². The van der Waals surface area contributed by atoms with Crippen LogP contribution < -0.4 is 0 Å². The van der Waals surface area contributed by atoms with Crippen molar-refractivity contribution in [1.29, 1.82) is 0 Å². The molecule has 100 valence electrons. The number of cyclic esters (lactones) is 1. The van der Waals surface area contributed by atoms with Crippen LogP contribution in [0, 0.1) is 47.3 Å². The Morgan fingerprint density at radius 2 is 1.67 bits per heavy atom. The zero-order valence-electron chi connectivity index (χ0n) is 11.5. The fourth-order valence-corrected chi connectivity index (χ4v) is 6.39.